The predicted octanol–water partition coefficient (Wildman–Crippen LogP) is 5.11. The zero-order valence-electron chi connectivity index (χ0n) is 14.4. The van der Waals surface area contributed by atoms with E-state index in [1.54, 1.807) is 0 Å². The number of aryl methyl sites for hydroxylation is 3. The molecule has 0 aliphatic heterocycles. The van der Waals surface area contributed by atoms with Gasteiger partial charge in [0.2, 0.25) is 0 Å². The summed E-state index contributed by atoms with van der Waals surface area (Å²) < 4.78 is 4.98. The minimum absolute atomic E-state index is 0.124. The standard InChI is InChI=1S/C21H26O2/c1-4-6-17-7-11-19(12-8-17)20-13-9-18(15-16(20)3)10-14-21(22)23-5-2/h7-9,11-13,15H,4-6,10,14H2,1-3H3. The molecule has 122 valence electrons. The zero-order valence-corrected chi connectivity index (χ0v) is 14.4. The number of hydrogen-bond acceptors (Lipinski definition) is 2. The minimum Gasteiger partial charge on any atom is -0.466 e. The van der Waals surface area contributed by atoms with Gasteiger partial charge in [0.25, 0.3) is 0 Å². The first-order valence-electron chi connectivity index (χ1n) is 8.48. The molecular formula is C21H26O2. The van der Waals surface area contributed by atoms with Crippen LogP contribution in [0.15, 0.2) is 42.5 Å². The van der Waals surface area contributed by atoms with E-state index in [9.17, 15) is 4.79 Å². The SMILES string of the molecule is CCCc1ccc(-c2ccc(CCC(=O)OCC)cc2C)cc1. The summed E-state index contributed by atoms with van der Waals surface area (Å²) in [6.45, 7) is 6.61. The molecule has 0 saturated carbocycles. The largest absolute Gasteiger partial charge is 0.466 e. The van der Waals surface area contributed by atoms with E-state index in [2.05, 4.69) is 56.3 Å². The molecule has 0 unspecified atom stereocenters. The summed E-state index contributed by atoms with van der Waals surface area (Å²) in [5.41, 5.74) is 6.32. The highest BCUT2D eigenvalue weighted by Gasteiger charge is 2.06. The Balaban J connectivity index is 2.08. The maximum Gasteiger partial charge on any atom is 0.306 e. The molecule has 0 aliphatic rings. The van der Waals surface area contributed by atoms with E-state index in [1.165, 1.54) is 34.2 Å². The van der Waals surface area contributed by atoms with E-state index in [-0.39, 0.29) is 5.97 Å². The third-order valence-corrected chi connectivity index (χ3v) is 4.02. The zero-order chi connectivity index (χ0) is 16.7. The van der Waals surface area contributed by atoms with E-state index in [0.29, 0.717) is 13.0 Å². The average molecular weight is 310 g/mol. The Bertz CT molecular complexity index is 641. The Morgan fingerprint density at radius 1 is 0.957 bits per heavy atom. The van der Waals surface area contributed by atoms with Crippen molar-refractivity contribution in [2.75, 3.05) is 6.61 Å². The van der Waals surface area contributed by atoms with Gasteiger partial charge in [0, 0.05) is 6.42 Å². The van der Waals surface area contributed by atoms with Crippen molar-refractivity contribution in [3.05, 3.63) is 59.2 Å². The molecule has 0 saturated heterocycles. The minimum atomic E-state index is -0.124. The van der Waals surface area contributed by atoms with Gasteiger partial charge in [-0.05, 0) is 54.5 Å². The first kappa shape index (κ1) is 17.3. The Hall–Kier alpha value is -2.09. The first-order chi connectivity index (χ1) is 11.1. The van der Waals surface area contributed by atoms with Gasteiger partial charge in [-0.3, -0.25) is 4.79 Å². The highest BCUT2D eigenvalue weighted by atomic mass is 16.5. The maximum atomic E-state index is 11.5. The lowest BCUT2D eigenvalue weighted by atomic mass is 9.96. The van der Waals surface area contributed by atoms with Crippen molar-refractivity contribution in [1.29, 1.82) is 0 Å². The van der Waals surface area contributed by atoms with Gasteiger partial charge in [0.05, 0.1) is 6.61 Å². The summed E-state index contributed by atoms with van der Waals surface area (Å²) in [7, 11) is 0. The van der Waals surface area contributed by atoms with Crippen LogP contribution in [0, 0.1) is 6.92 Å². The van der Waals surface area contributed by atoms with Crippen LogP contribution >= 0.6 is 0 Å². The molecule has 2 heteroatoms. The predicted molar refractivity (Wildman–Crippen MR) is 95.6 cm³/mol. The topological polar surface area (TPSA) is 26.3 Å². The summed E-state index contributed by atoms with van der Waals surface area (Å²) >= 11 is 0. The second-order valence-electron chi connectivity index (χ2n) is 5.90. The van der Waals surface area contributed by atoms with Crippen molar-refractivity contribution in [2.24, 2.45) is 0 Å². The van der Waals surface area contributed by atoms with Crippen LogP contribution in [0.4, 0.5) is 0 Å². The number of benzene rings is 2. The van der Waals surface area contributed by atoms with Gasteiger partial charge in [-0.25, -0.2) is 0 Å². The molecule has 23 heavy (non-hydrogen) atoms. The molecule has 0 amide bonds. The molecule has 0 aromatic heterocycles. The third kappa shape index (κ3) is 4.95. The van der Waals surface area contributed by atoms with E-state index in [4.69, 9.17) is 4.74 Å². The molecule has 0 heterocycles. The molecule has 0 fully saturated rings. The van der Waals surface area contributed by atoms with Crippen molar-refractivity contribution in [3.8, 4) is 11.1 Å². The number of carbonyl (C=O) groups excluding carboxylic acids is 1. The number of rotatable bonds is 7. The first-order valence-corrected chi connectivity index (χ1v) is 8.48. The fourth-order valence-corrected chi connectivity index (χ4v) is 2.82. The van der Waals surface area contributed by atoms with E-state index < -0.39 is 0 Å². The van der Waals surface area contributed by atoms with Crippen LogP contribution in [0.1, 0.15) is 43.4 Å². The lowest BCUT2D eigenvalue weighted by Crippen LogP contribution is -2.05. The number of hydrogen-bond donors (Lipinski definition) is 0. The number of ether oxygens (including phenoxy) is 1. The number of carbonyl (C=O) groups is 1. The third-order valence-electron chi connectivity index (χ3n) is 4.02. The van der Waals surface area contributed by atoms with Gasteiger partial charge in [-0.1, -0.05) is 55.8 Å². The van der Waals surface area contributed by atoms with Crippen molar-refractivity contribution in [2.45, 2.75) is 46.5 Å². The number of esters is 1. The van der Waals surface area contributed by atoms with Gasteiger partial charge < -0.3 is 4.74 Å². The van der Waals surface area contributed by atoms with Crippen LogP contribution in [0.25, 0.3) is 11.1 Å². The molecule has 0 bridgehead atoms. The Morgan fingerprint density at radius 3 is 2.26 bits per heavy atom. The highest BCUT2D eigenvalue weighted by molar-refractivity contribution is 5.70. The van der Waals surface area contributed by atoms with Crippen LogP contribution in [0.5, 0.6) is 0 Å². The summed E-state index contributed by atoms with van der Waals surface area (Å²) in [6.07, 6.45) is 3.48. The fraction of sp³-hybridized carbons (Fsp3) is 0.381. The maximum absolute atomic E-state index is 11.5. The Labute approximate surface area is 139 Å². The van der Waals surface area contributed by atoms with Crippen LogP contribution in [-0.4, -0.2) is 12.6 Å². The molecule has 0 atom stereocenters. The van der Waals surface area contributed by atoms with Gasteiger partial charge in [-0.15, -0.1) is 0 Å². The van der Waals surface area contributed by atoms with Crippen molar-refractivity contribution in [3.63, 3.8) is 0 Å². The monoisotopic (exact) mass is 310 g/mol. The molecule has 0 N–H and O–H groups in total. The molecule has 2 aromatic rings. The lowest BCUT2D eigenvalue weighted by Gasteiger charge is -2.10. The van der Waals surface area contributed by atoms with Gasteiger partial charge >= 0.3 is 5.97 Å². The van der Waals surface area contributed by atoms with Gasteiger partial charge in [-0.2, -0.15) is 0 Å². The molecule has 2 rings (SSSR count). The van der Waals surface area contributed by atoms with Crippen molar-refractivity contribution in [1.82, 2.24) is 0 Å². The molecule has 2 nitrogen and oxygen atoms in total. The van der Waals surface area contributed by atoms with Crippen LogP contribution in [0.3, 0.4) is 0 Å². The Morgan fingerprint density at radius 2 is 1.65 bits per heavy atom. The lowest BCUT2D eigenvalue weighted by molar-refractivity contribution is -0.143. The highest BCUT2D eigenvalue weighted by Crippen LogP contribution is 2.25. The summed E-state index contributed by atoms with van der Waals surface area (Å²) in [6, 6.07) is 15.3. The van der Waals surface area contributed by atoms with Gasteiger partial charge in [0.1, 0.15) is 0 Å². The molecule has 0 aliphatic carbocycles. The summed E-state index contributed by atoms with van der Waals surface area (Å²) in [4.78, 5) is 11.5. The van der Waals surface area contributed by atoms with E-state index in [0.717, 1.165) is 12.8 Å². The van der Waals surface area contributed by atoms with Crippen LogP contribution < -0.4 is 0 Å². The smallest absolute Gasteiger partial charge is 0.306 e. The quantitative estimate of drug-likeness (QED) is 0.664. The van der Waals surface area contributed by atoms with Crippen LogP contribution in [-0.2, 0) is 22.4 Å². The van der Waals surface area contributed by atoms with Crippen molar-refractivity contribution >= 4 is 5.97 Å². The second-order valence-corrected chi connectivity index (χ2v) is 5.90. The van der Waals surface area contributed by atoms with Crippen LogP contribution in [0.2, 0.25) is 0 Å². The molecule has 0 spiro atoms. The molecule has 2 aromatic carbocycles. The van der Waals surface area contributed by atoms with Crippen molar-refractivity contribution < 1.29 is 9.53 Å². The Kier molecular flexibility index (Phi) is 6.40. The van der Waals surface area contributed by atoms with E-state index >= 15 is 0 Å². The fourth-order valence-electron chi connectivity index (χ4n) is 2.82. The summed E-state index contributed by atoms with van der Waals surface area (Å²) in [5, 5.41) is 0. The average Bonchev–Trinajstić information content (AvgIpc) is 2.55. The normalized spacial score (nSPS) is 10.6. The molecule has 0 radical (unpaired) electrons. The molecular weight excluding hydrogens is 284 g/mol. The van der Waals surface area contributed by atoms with E-state index in [1.807, 2.05) is 6.92 Å². The second kappa shape index (κ2) is 8.52. The van der Waals surface area contributed by atoms with Gasteiger partial charge in [0.15, 0.2) is 0 Å². The summed E-state index contributed by atoms with van der Waals surface area (Å²) in [5.74, 6) is -0.124.